The minimum absolute atomic E-state index is 0.140. The van der Waals surface area contributed by atoms with Crippen LogP contribution in [-0.2, 0) is 11.8 Å². The molecular formula is C26H27N. The molecule has 0 saturated heterocycles. The number of nitrogens with one attached hydrogen (secondary N) is 1. The molecule has 0 fully saturated rings. The van der Waals surface area contributed by atoms with Crippen molar-refractivity contribution >= 4 is 0 Å². The van der Waals surface area contributed by atoms with E-state index >= 15 is 0 Å². The molecule has 27 heavy (non-hydrogen) atoms. The SMILES string of the molecule is C=C(NCCc1ccccc1)C1(CCC)c2ccccc2-c2ccccc21. The molecule has 0 atom stereocenters. The summed E-state index contributed by atoms with van der Waals surface area (Å²) in [4.78, 5) is 0. The fourth-order valence-corrected chi connectivity index (χ4v) is 4.60. The van der Waals surface area contributed by atoms with E-state index in [-0.39, 0.29) is 5.41 Å². The van der Waals surface area contributed by atoms with Gasteiger partial charge in [0.1, 0.15) is 0 Å². The van der Waals surface area contributed by atoms with E-state index in [0.29, 0.717) is 0 Å². The van der Waals surface area contributed by atoms with Gasteiger partial charge in [0.05, 0.1) is 5.41 Å². The summed E-state index contributed by atoms with van der Waals surface area (Å²) >= 11 is 0. The number of fused-ring (bicyclic) bond motifs is 3. The smallest absolute Gasteiger partial charge is 0.0604 e. The van der Waals surface area contributed by atoms with Crippen molar-refractivity contribution in [3.8, 4) is 11.1 Å². The molecule has 0 unspecified atom stereocenters. The monoisotopic (exact) mass is 353 g/mol. The molecule has 1 heteroatoms. The van der Waals surface area contributed by atoms with Crippen LogP contribution in [0.2, 0.25) is 0 Å². The first kappa shape index (κ1) is 17.6. The molecule has 1 N–H and O–H groups in total. The number of hydrogen-bond donors (Lipinski definition) is 1. The van der Waals surface area contributed by atoms with Crippen molar-refractivity contribution in [1.82, 2.24) is 5.32 Å². The average molecular weight is 354 g/mol. The van der Waals surface area contributed by atoms with E-state index in [9.17, 15) is 0 Å². The standard InChI is InChI=1S/C26H27N/c1-3-18-26(20(2)27-19-17-21-11-5-4-6-12-21)24-15-9-7-13-22(24)23-14-8-10-16-25(23)26/h4-16,27H,2-3,17-19H2,1H3. The Hall–Kier alpha value is -2.80. The molecule has 0 amide bonds. The van der Waals surface area contributed by atoms with Crippen molar-refractivity contribution in [3.05, 3.63) is 108 Å². The number of rotatable bonds is 7. The van der Waals surface area contributed by atoms with Crippen LogP contribution in [0.1, 0.15) is 36.5 Å². The highest BCUT2D eigenvalue weighted by atomic mass is 14.9. The molecular weight excluding hydrogens is 326 g/mol. The van der Waals surface area contributed by atoms with Crippen molar-refractivity contribution in [2.45, 2.75) is 31.6 Å². The van der Waals surface area contributed by atoms with Gasteiger partial charge in [-0.05, 0) is 40.7 Å². The van der Waals surface area contributed by atoms with Crippen LogP contribution in [0, 0.1) is 0 Å². The van der Waals surface area contributed by atoms with Crippen LogP contribution in [0.3, 0.4) is 0 Å². The van der Waals surface area contributed by atoms with Crippen molar-refractivity contribution in [3.63, 3.8) is 0 Å². The predicted octanol–water partition coefficient (Wildman–Crippen LogP) is 6.10. The topological polar surface area (TPSA) is 12.0 Å². The van der Waals surface area contributed by atoms with Gasteiger partial charge in [-0.25, -0.2) is 0 Å². The van der Waals surface area contributed by atoms with Gasteiger partial charge in [0.25, 0.3) is 0 Å². The summed E-state index contributed by atoms with van der Waals surface area (Å²) in [5, 5.41) is 3.69. The zero-order chi connectivity index (χ0) is 18.7. The molecule has 136 valence electrons. The minimum Gasteiger partial charge on any atom is -0.387 e. The third kappa shape index (κ3) is 2.98. The Morgan fingerprint density at radius 3 is 1.96 bits per heavy atom. The van der Waals surface area contributed by atoms with E-state index in [1.807, 2.05) is 0 Å². The van der Waals surface area contributed by atoms with Crippen LogP contribution in [0.15, 0.2) is 91.1 Å². The number of allylic oxidation sites excluding steroid dienone is 1. The second-order valence-electron chi connectivity index (χ2n) is 7.39. The summed E-state index contributed by atoms with van der Waals surface area (Å²) in [6.45, 7) is 7.71. The maximum absolute atomic E-state index is 4.55. The average Bonchev–Trinajstić information content (AvgIpc) is 3.01. The molecule has 1 aliphatic rings. The summed E-state index contributed by atoms with van der Waals surface area (Å²) in [5.41, 5.74) is 7.83. The fourth-order valence-electron chi connectivity index (χ4n) is 4.60. The zero-order valence-corrected chi connectivity index (χ0v) is 16.0. The Morgan fingerprint density at radius 1 is 0.815 bits per heavy atom. The summed E-state index contributed by atoms with van der Waals surface area (Å²) < 4.78 is 0. The molecule has 0 spiro atoms. The van der Waals surface area contributed by atoms with Crippen molar-refractivity contribution in [2.24, 2.45) is 0 Å². The van der Waals surface area contributed by atoms with E-state index < -0.39 is 0 Å². The fraction of sp³-hybridized carbons (Fsp3) is 0.231. The highest BCUT2D eigenvalue weighted by Crippen LogP contribution is 2.53. The largest absolute Gasteiger partial charge is 0.387 e. The molecule has 0 heterocycles. The van der Waals surface area contributed by atoms with Crippen LogP contribution in [0.25, 0.3) is 11.1 Å². The third-order valence-electron chi connectivity index (χ3n) is 5.80. The van der Waals surface area contributed by atoms with E-state index in [0.717, 1.165) is 31.5 Å². The summed E-state index contributed by atoms with van der Waals surface area (Å²) in [5.74, 6) is 0. The van der Waals surface area contributed by atoms with Crippen LogP contribution in [-0.4, -0.2) is 6.54 Å². The number of benzene rings is 3. The molecule has 4 rings (SSSR count). The molecule has 0 bridgehead atoms. The lowest BCUT2D eigenvalue weighted by molar-refractivity contribution is 0.511. The highest BCUT2D eigenvalue weighted by Gasteiger charge is 2.44. The first-order valence-corrected chi connectivity index (χ1v) is 9.94. The van der Waals surface area contributed by atoms with E-state index in [1.165, 1.54) is 27.8 Å². The summed E-state index contributed by atoms with van der Waals surface area (Å²) in [6, 6.07) is 28.3. The Kier molecular flexibility index (Phi) is 4.85. The zero-order valence-electron chi connectivity index (χ0n) is 16.0. The van der Waals surface area contributed by atoms with Gasteiger partial charge in [-0.15, -0.1) is 0 Å². The van der Waals surface area contributed by atoms with Gasteiger partial charge in [-0.2, -0.15) is 0 Å². The maximum Gasteiger partial charge on any atom is 0.0604 e. The lowest BCUT2D eigenvalue weighted by Crippen LogP contribution is -2.35. The van der Waals surface area contributed by atoms with Gasteiger partial charge in [0.2, 0.25) is 0 Å². The first-order valence-electron chi connectivity index (χ1n) is 9.94. The highest BCUT2D eigenvalue weighted by molar-refractivity contribution is 5.82. The Labute approximate surface area is 162 Å². The van der Waals surface area contributed by atoms with Gasteiger partial charge >= 0.3 is 0 Å². The summed E-state index contributed by atoms with van der Waals surface area (Å²) in [6.07, 6.45) is 3.19. The normalized spacial score (nSPS) is 13.7. The van der Waals surface area contributed by atoms with Gasteiger partial charge in [0, 0.05) is 12.2 Å². The van der Waals surface area contributed by atoms with Crippen molar-refractivity contribution in [2.75, 3.05) is 6.54 Å². The molecule has 0 radical (unpaired) electrons. The minimum atomic E-state index is -0.140. The van der Waals surface area contributed by atoms with E-state index in [1.54, 1.807) is 0 Å². The Bertz CT molecular complexity index is 894. The van der Waals surface area contributed by atoms with E-state index in [4.69, 9.17) is 0 Å². The lowest BCUT2D eigenvalue weighted by atomic mass is 9.72. The Morgan fingerprint density at radius 2 is 1.37 bits per heavy atom. The second-order valence-corrected chi connectivity index (χ2v) is 7.39. The molecule has 3 aromatic rings. The van der Waals surface area contributed by atoms with Gasteiger partial charge in [-0.1, -0.05) is 98.8 Å². The van der Waals surface area contributed by atoms with Gasteiger partial charge < -0.3 is 5.32 Å². The summed E-state index contributed by atoms with van der Waals surface area (Å²) in [7, 11) is 0. The van der Waals surface area contributed by atoms with Gasteiger partial charge in [-0.3, -0.25) is 0 Å². The maximum atomic E-state index is 4.55. The van der Waals surface area contributed by atoms with Crippen molar-refractivity contribution < 1.29 is 0 Å². The quantitative estimate of drug-likeness (QED) is 0.541. The molecule has 0 saturated carbocycles. The molecule has 0 aromatic heterocycles. The van der Waals surface area contributed by atoms with E-state index in [2.05, 4.69) is 97.7 Å². The second kappa shape index (κ2) is 7.44. The number of hydrogen-bond acceptors (Lipinski definition) is 1. The lowest BCUT2D eigenvalue weighted by Gasteiger charge is -2.35. The first-order chi connectivity index (χ1) is 13.3. The molecule has 0 aliphatic heterocycles. The Balaban J connectivity index is 1.67. The van der Waals surface area contributed by atoms with Crippen LogP contribution < -0.4 is 5.32 Å². The van der Waals surface area contributed by atoms with Crippen LogP contribution in [0.5, 0.6) is 0 Å². The van der Waals surface area contributed by atoms with Crippen molar-refractivity contribution in [1.29, 1.82) is 0 Å². The van der Waals surface area contributed by atoms with Crippen LogP contribution >= 0.6 is 0 Å². The van der Waals surface area contributed by atoms with Gasteiger partial charge in [0.15, 0.2) is 0 Å². The predicted molar refractivity (Wildman–Crippen MR) is 115 cm³/mol. The third-order valence-corrected chi connectivity index (χ3v) is 5.80. The molecule has 1 nitrogen and oxygen atoms in total. The van der Waals surface area contributed by atoms with Crippen LogP contribution in [0.4, 0.5) is 0 Å². The molecule has 3 aromatic carbocycles. The molecule has 1 aliphatic carbocycles.